The topological polar surface area (TPSA) is 38.3 Å². The lowest BCUT2D eigenvalue weighted by Crippen LogP contribution is -2.49. The second-order valence-electron chi connectivity index (χ2n) is 4.44. The summed E-state index contributed by atoms with van der Waals surface area (Å²) < 4.78 is 5.40. The molecular formula is C15H19NO2. The van der Waals surface area contributed by atoms with Gasteiger partial charge in [0.2, 0.25) is 0 Å². The molecule has 1 aromatic carbocycles. The van der Waals surface area contributed by atoms with E-state index < -0.39 is 5.54 Å². The van der Waals surface area contributed by atoms with Gasteiger partial charge in [0.05, 0.1) is 7.11 Å². The Hall–Kier alpha value is -1.61. The molecule has 3 nitrogen and oxygen atoms in total. The molecule has 1 N–H and O–H groups in total. The minimum Gasteiger partial charge on any atom is -0.496 e. The van der Waals surface area contributed by atoms with Gasteiger partial charge in [-0.1, -0.05) is 31.2 Å². The molecule has 1 aliphatic rings. The summed E-state index contributed by atoms with van der Waals surface area (Å²) in [6, 6.07) is 7.74. The van der Waals surface area contributed by atoms with Crippen LogP contribution in [0.25, 0.3) is 0 Å². The first kappa shape index (κ1) is 12.8. The van der Waals surface area contributed by atoms with E-state index in [0.29, 0.717) is 0 Å². The summed E-state index contributed by atoms with van der Waals surface area (Å²) in [4.78, 5) is 12.4. The van der Waals surface area contributed by atoms with Gasteiger partial charge in [-0.15, -0.1) is 0 Å². The van der Waals surface area contributed by atoms with Crippen molar-refractivity contribution in [3.63, 3.8) is 0 Å². The van der Waals surface area contributed by atoms with Gasteiger partial charge in [0.1, 0.15) is 11.3 Å². The number of para-hydroxylation sites is 1. The summed E-state index contributed by atoms with van der Waals surface area (Å²) in [7, 11) is 1.64. The molecule has 0 aromatic heterocycles. The standard InChI is InChI=1S/C15H19NO2/c1-3-16-15(11-7-6-10-14(15)17)12-8-4-5-9-13(12)18-2/h4-6,8-10,16H,3,7,11H2,1-2H3/t15-/m1/s1. The van der Waals surface area contributed by atoms with Crippen molar-refractivity contribution in [2.24, 2.45) is 0 Å². The summed E-state index contributed by atoms with van der Waals surface area (Å²) in [5.74, 6) is 0.877. The predicted octanol–water partition coefficient (Wildman–Crippen LogP) is 2.42. The van der Waals surface area contributed by atoms with Gasteiger partial charge in [0.25, 0.3) is 0 Å². The molecular weight excluding hydrogens is 226 g/mol. The van der Waals surface area contributed by atoms with E-state index in [2.05, 4.69) is 5.32 Å². The maximum absolute atomic E-state index is 12.4. The summed E-state index contributed by atoms with van der Waals surface area (Å²) in [5.41, 5.74) is 0.305. The molecule has 0 amide bonds. The Kier molecular flexibility index (Phi) is 3.82. The Labute approximate surface area is 108 Å². The van der Waals surface area contributed by atoms with E-state index >= 15 is 0 Å². The van der Waals surface area contributed by atoms with Crippen molar-refractivity contribution >= 4 is 5.78 Å². The highest BCUT2D eigenvalue weighted by atomic mass is 16.5. The van der Waals surface area contributed by atoms with Crippen LogP contribution in [0.15, 0.2) is 36.4 Å². The van der Waals surface area contributed by atoms with Crippen LogP contribution in [0.4, 0.5) is 0 Å². The first-order valence-electron chi connectivity index (χ1n) is 6.34. The van der Waals surface area contributed by atoms with Crippen LogP contribution >= 0.6 is 0 Å². The lowest BCUT2D eigenvalue weighted by atomic mass is 9.78. The quantitative estimate of drug-likeness (QED) is 0.885. The third-order valence-electron chi connectivity index (χ3n) is 3.42. The van der Waals surface area contributed by atoms with Crippen molar-refractivity contribution in [3.05, 3.63) is 42.0 Å². The van der Waals surface area contributed by atoms with Crippen LogP contribution in [0.1, 0.15) is 25.3 Å². The first-order chi connectivity index (χ1) is 8.74. The average Bonchev–Trinajstić information content (AvgIpc) is 2.42. The van der Waals surface area contributed by atoms with Gasteiger partial charge in [0, 0.05) is 5.56 Å². The number of methoxy groups -OCH3 is 1. The Morgan fingerprint density at radius 1 is 1.39 bits per heavy atom. The third kappa shape index (κ3) is 2.06. The van der Waals surface area contributed by atoms with Gasteiger partial charge in [-0.2, -0.15) is 0 Å². The number of hydrogen-bond acceptors (Lipinski definition) is 3. The molecule has 1 aliphatic carbocycles. The number of ketones is 1. The summed E-state index contributed by atoms with van der Waals surface area (Å²) >= 11 is 0. The maximum atomic E-state index is 12.4. The third-order valence-corrected chi connectivity index (χ3v) is 3.42. The number of benzene rings is 1. The van der Waals surface area contributed by atoms with Gasteiger partial charge >= 0.3 is 0 Å². The Morgan fingerprint density at radius 3 is 2.83 bits per heavy atom. The highest BCUT2D eigenvalue weighted by Crippen LogP contribution is 2.36. The molecule has 0 unspecified atom stereocenters. The molecule has 18 heavy (non-hydrogen) atoms. The first-order valence-corrected chi connectivity index (χ1v) is 6.34. The van der Waals surface area contributed by atoms with Crippen LogP contribution in [0.2, 0.25) is 0 Å². The molecule has 0 saturated carbocycles. The number of allylic oxidation sites excluding steroid dienone is 1. The second-order valence-corrected chi connectivity index (χ2v) is 4.44. The number of nitrogens with one attached hydrogen (secondary N) is 1. The Bertz CT molecular complexity index is 467. The minimum absolute atomic E-state index is 0.111. The van der Waals surface area contributed by atoms with Gasteiger partial charge in [-0.05, 0) is 31.5 Å². The van der Waals surface area contributed by atoms with Gasteiger partial charge in [-0.25, -0.2) is 0 Å². The fourth-order valence-electron chi connectivity index (χ4n) is 2.59. The highest BCUT2D eigenvalue weighted by Gasteiger charge is 2.40. The van der Waals surface area contributed by atoms with Gasteiger partial charge < -0.3 is 10.1 Å². The number of hydrogen-bond donors (Lipinski definition) is 1. The van der Waals surface area contributed by atoms with Gasteiger partial charge in [-0.3, -0.25) is 4.79 Å². The lowest BCUT2D eigenvalue weighted by Gasteiger charge is -2.35. The van der Waals surface area contributed by atoms with E-state index in [4.69, 9.17) is 4.74 Å². The van der Waals surface area contributed by atoms with E-state index in [1.807, 2.05) is 37.3 Å². The predicted molar refractivity (Wildman–Crippen MR) is 71.7 cm³/mol. The molecule has 2 rings (SSSR count). The van der Waals surface area contributed by atoms with E-state index in [-0.39, 0.29) is 5.78 Å². The molecule has 0 heterocycles. The van der Waals surface area contributed by atoms with E-state index in [1.165, 1.54) is 0 Å². The van der Waals surface area contributed by atoms with Crippen LogP contribution in [0.5, 0.6) is 5.75 Å². The normalized spacial score (nSPS) is 23.1. The largest absolute Gasteiger partial charge is 0.496 e. The molecule has 3 heteroatoms. The zero-order valence-electron chi connectivity index (χ0n) is 10.9. The number of carbonyl (C=O) groups is 1. The average molecular weight is 245 g/mol. The number of rotatable bonds is 4. The number of ether oxygens (including phenoxy) is 1. The molecule has 0 spiro atoms. The van der Waals surface area contributed by atoms with E-state index in [0.717, 1.165) is 30.7 Å². The van der Waals surface area contributed by atoms with Crippen LogP contribution in [-0.4, -0.2) is 19.4 Å². The van der Waals surface area contributed by atoms with Gasteiger partial charge in [0.15, 0.2) is 5.78 Å². The molecule has 0 saturated heterocycles. The van der Waals surface area contributed by atoms with Crippen molar-refractivity contribution in [2.45, 2.75) is 25.3 Å². The van der Waals surface area contributed by atoms with Crippen molar-refractivity contribution < 1.29 is 9.53 Å². The zero-order valence-corrected chi connectivity index (χ0v) is 10.9. The monoisotopic (exact) mass is 245 g/mol. The van der Waals surface area contributed by atoms with Crippen LogP contribution in [0.3, 0.4) is 0 Å². The summed E-state index contributed by atoms with van der Waals surface area (Å²) in [5, 5.41) is 3.36. The molecule has 0 fully saturated rings. The van der Waals surface area contributed by atoms with Crippen molar-refractivity contribution in [1.82, 2.24) is 5.32 Å². The van der Waals surface area contributed by atoms with Crippen LogP contribution in [0, 0.1) is 0 Å². The fourth-order valence-corrected chi connectivity index (χ4v) is 2.59. The van der Waals surface area contributed by atoms with E-state index in [1.54, 1.807) is 13.2 Å². The molecule has 0 radical (unpaired) electrons. The number of likely N-dealkylation sites (N-methyl/N-ethyl adjacent to an activating group) is 1. The molecule has 1 aromatic rings. The van der Waals surface area contributed by atoms with Crippen molar-refractivity contribution in [1.29, 1.82) is 0 Å². The van der Waals surface area contributed by atoms with Crippen LogP contribution < -0.4 is 10.1 Å². The SMILES string of the molecule is CCN[C@@]1(c2ccccc2OC)CCC=CC1=O. The minimum atomic E-state index is -0.629. The van der Waals surface area contributed by atoms with Crippen molar-refractivity contribution in [2.75, 3.05) is 13.7 Å². The molecule has 1 atom stereocenters. The summed E-state index contributed by atoms with van der Waals surface area (Å²) in [6.07, 6.45) is 5.29. The summed E-state index contributed by atoms with van der Waals surface area (Å²) in [6.45, 7) is 2.76. The molecule has 96 valence electrons. The maximum Gasteiger partial charge on any atom is 0.180 e. The molecule has 0 aliphatic heterocycles. The Morgan fingerprint density at radius 2 is 2.17 bits per heavy atom. The lowest BCUT2D eigenvalue weighted by molar-refractivity contribution is -0.121. The molecule has 0 bridgehead atoms. The zero-order chi connectivity index (χ0) is 13.0. The van der Waals surface area contributed by atoms with Crippen molar-refractivity contribution in [3.8, 4) is 5.75 Å². The van der Waals surface area contributed by atoms with E-state index in [9.17, 15) is 4.79 Å². The highest BCUT2D eigenvalue weighted by molar-refractivity contribution is 6.00. The smallest absolute Gasteiger partial charge is 0.180 e. The van der Waals surface area contributed by atoms with Crippen LogP contribution in [-0.2, 0) is 10.3 Å². The number of carbonyl (C=O) groups excluding carboxylic acids is 1. The Balaban J connectivity index is 2.53. The fraction of sp³-hybridized carbons (Fsp3) is 0.400. The second kappa shape index (κ2) is 5.36.